The number of nitrogens with one attached hydrogen (secondary N) is 1. The van der Waals surface area contributed by atoms with Crippen LogP contribution >= 0.6 is 23.1 Å². The number of nitrogens with zero attached hydrogens (tertiary/aromatic N) is 3. The summed E-state index contributed by atoms with van der Waals surface area (Å²) in [5.41, 5.74) is 1.45. The molecule has 1 N–H and O–H groups in total. The molecule has 0 saturated carbocycles. The van der Waals surface area contributed by atoms with Crippen molar-refractivity contribution in [3.05, 3.63) is 16.5 Å². The van der Waals surface area contributed by atoms with Crippen molar-refractivity contribution < 1.29 is 13.2 Å². The topological polar surface area (TPSA) is 94.0 Å². The van der Waals surface area contributed by atoms with E-state index in [1.54, 1.807) is 11.3 Å². The Hall–Kier alpha value is -1.39. The molecule has 0 unspecified atom stereocenters. The van der Waals surface area contributed by atoms with E-state index in [2.05, 4.69) is 28.5 Å². The molecule has 3 heterocycles. The molecule has 30 heavy (non-hydrogen) atoms. The summed E-state index contributed by atoms with van der Waals surface area (Å²) in [6, 6.07) is 1.97. The van der Waals surface area contributed by atoms with Crippen LogP contribution in [0.25, 0.3) is 10.7 Å². The predicted octanol–water partition coefficient (Wildman–Crippen LogP) is 2.84. The first-order chi connectivity index (χ1) is 14.3. The van der Waals surface area contributed by atoms with Crippen molar-refractivity contribution >= 4 is 38.8 Å². The molecule has 0 bridgehead atoms. The molecule has 2 aliphatic rings. The van der Waals surface area contributed by atoms with Crippen molar-refractivity contribution in [1.82, 2.24) is 20.1 Å². The minimum absolute atomic E-state index is 0.0339. The summed E-state index contributed by atoms with van der Waals surface area (Å²) in [5.74, 6) is 1.63. The summed E-state index contributed by atoms with van der Waals surface area (Å²) in [6.45, 7) is 4.07. The number of aromatic nitrogens is 3. The van der Waals surface area contributed by atoms with Crippen molar-refractivity contribution in [3.63, 3.8) is 0 Å². The first-order valence-corrected chi connectivity index (χ1v) is 14.0. The lowest BCUT2D eigenvalue weighted by Gasteiger charge is -2.19. The maximum Gasteiger partial charge on any atom is 0.233 e. The van der Waals surface area contributed by atoms with E-state index in [4.69, 9.17) is 0 Å². The first kappa shape index (κ1) is 21.8. The van der Waals surface area contributed by atoms with Gasteiger partial charge in [-0.15, -0.1) is 21.5 Å². The summed E-state index contributed by atoms with van der Waals surface area (Å²) in [7, 11) is -1.08. The van der Waals surface area contributed by atoms with E-state index in [9.17, 15) is 13.2 Å². The van der Waals surface area contributed by atoms with E-state index >= 15 is 0 Å². The van der Waals surface area contributed by atoms with E-state index in [1.807, 2.05) is 18.5 Å². The summed E-state index contributed by atoms with van der Waals surface area (Å²) >= 11 is 3.15. The first-order valence-electron chi connectivity index (χ1n) is 10.4. The van der Waals surface area contributed by atoms with Crippen LogP contribution in [0.3, 0.4) is 0 Å². The molecule has 164 valence electrons. The second kappa shape index (κ2) is 8.63. The number of carbonyl (C=O) groups is 1. The third-order valence-electron chi connectivity index (χ3n) is 6.05. The Kier molecular flexibility index (Phi) is 6.28. The molecule has 1 fully saturated rings. The minimum atomic E-state index is -3.01. The van der Waals surface area contributed by atoms with Gasteiger partial charge in [-0.25, -0.2) is 8.42 Å². The van der Waals surface area contributed by atoms with Crippen molar-refractivity contribution in [2.24, 2.45) is 13.0 Å². The number of thiophene rings is 1. The smallest absolute Gasteiger partial charge is 0.233 e. The Morgan fingerprint density at radius 1 is 1.40 bits per heavy atom. The highest BCUT2D eigenvalue weighted by molar-refractivity contribution is 8.00. The lowest BCUT2D eigenvalue weighted by Crippen LogP contribution is -2.40. The number of amides is 1. The van der Waals surface area contributed by atoms with Gasteiger partial charge in [-0.3, -0.25) is 4.79 Å². The maximum atomic E-state index is 12.5. The fourth-order valence-electron chi connectivity index (χ4n) is 4.13. The average molecular weight is 469 g/mol. The Morgan fingerprint density at radius 2 is 2.20 bits per heavy atom. The van der Waals surface area contributed by atoms with Crippen LogP contribution in [-0.4, -0.2) is 51.9 Å². The van der Waals surface area contributed by atoms with Gasteiger partial charge in [0.15, 0.2) is 20.8 Å². The average Bonchev–Trinajstić information content (AvgIpc) is 3.38. The molecule has 7 nitrogen and oxygen atoms in total. The third kappa shape index (κ3) is 4.60. The fourth-order valence-corrected chi connectivity index (χ4v) is 7.86. The number of sulfone groups is 1. The normalized spacial score (nSPS) is 23.8. The van der Waals surface area contributed by atoms with Crippen LogP contribution in [0.1, 0.15) is 43.6 Å². The molecule has 3 atom stereocenters. The number of rotatable bonds is 6. The standard InChI is InChI=1S/C20H28N4O3S3/c1-4-13-5-6-16-14(9-13)10-17(29-16)18-22-23-20(24(18)3)28-12(2)19(25)21-15-7-8-30(26,27)11-15/h10,12-13,15H,4-9,11H2,1-3H3,(H,21,25)/t12-,13+,15-/m0/s1. The molecule has 0 radical (unpaired) electrons. The highest BCUT2D eigenvalue weighted by Crippen LogP contribution is 2.38. The molecule has 2 aromatic rings. The number of hydrogen-bond donors (Lipinski definition) is 1. The molecule has 0 spiro atoms. The van der Waals surface area contributed by atoms with Gasteiger partial charge in [-0.1, -0.05) is 25.1 Å². The Labute approximate surface area is 186 Å². The predicted molar refractivity (Wildman–Crippen MR) is 121 cm³/mol. The highest BCUT2D eigenvalue weighted by atomic mass is 32.2. The van der Waals surface area contributed by atoms with E-state index < -0.39 is 9.84 Å². The number of carbonyl (C=O) groups excluding carboxylic acids is 1. The molecular formula is C20H28N4O3S3. The van der Waals surface area contributed by atoms with Crippen molar-refractivity contribution in [2.45, 2.75) is 62.4 Å². The van der Waals surface area contributed by atoms with Crippen molar-refractivity contribution in [3.8, 4) is 10.7 Å². The second-order valence-corrected chi connectivity index (χ2v) is 13.0. The molecule has 1 amide bonds. The lowest BCUT2D eigenvalue weighted by molar-refractivity contribution is -0.120. The molecule has 1 saturated heterocycles. The van der Waals surface area contributed by atoms with Gasteiger partial charge in [0.05, 0.1) is 21.6 Å². The van der Waals surface area contributed by atoms with Crippen molar-refractivity contribution in [2.75, 3.05) is 11.5 Å². The minimum Gasteiger partial charge on any atom is -0.351 e. The van der Waals surface area contributed by atoms with Crippen LogP contribution in [0.2, 0.25) is 0 Å². The molecule has 1 aliphatic carbocycles. The fraction of sp³-hybridized carbons (Fsp3) is 0.650. The summed E-state index contributed by atoms with van der Waals surface area (Å²) in [5, 5.41) is 11.9. The van der Waals surface area contributed by atoms with Gasteiger partial charge in [0.2, 0.25) is 5.91 Å². The van der Waals surface area contributed by atoms with Gasteiger partial charge < -0.3 is 9.88 Å². The Morgan fingerprint density at radius 3 is 2.90 bits per heavy atom. The molecule has 2 aromatic heterocycles. The Bertz CT molecular complexity index is 1040. The van der Waals surface area contributed by atoms with Crippen molar-refractivity contribution in [1.29, 1.82) is 0 Å². The van der Waals surface area contributed by atoms with Gasteiger partial charge in [-0.05, 0) is 50.2 Å². The molecular weight excluding hydrogens is 440 g/mol. The number of thioether (sulfide) groups is 1. The number of hydrogen-bond acceptors (Lipinski definition) is 7. The third-order valence-corrected chi connectivity index (χ3v) is 10.2. The maximum absolute atomic E-state index is 12.5. The van der Waals surface area contributed by atoms with Crippen LogP contribution in [-0.2, 0) is 34.5 Å². The van der Waals surface area contributed by atoms with Crippen LogP contribution in [0.15, 0.2) is 11.2 Å². The van der Waals surface area contributed by atoms with Gasteiger partial charge >= 0.3 is 0 Å². The largest absolute Gasteiger partial charge is 0.351 e. The van der Waals surface area contributed by atoms with Crippen LogP contribution < -0.4 is 5.32 Å². The van der Waals surface area contributed by atoms with Crippen LogP contribution in [0.5, 0.6) is 0 Å². The highest BCUT2D eigenvalue weighted by Gasteiger charge is 2.30. The van der Waals surface area contributed by atoms with Crippen LogP contribution in [0.4, 0.5) is 0 Å². The monoisotopic (exact) mass is 468 g/mol. The lowest BCUT2D eigenvalue weighted by atomic mass is 9.87. The molecule has 0 aromatic carbocycles. The summed E-state index contributed by atoms with van der Waals surface area (Å²) < 4.78 is 25.1. The Balaban J connectivity index is 1.42. The zero-order chi connectivity index (χ0) is 21.5. The molecule has 10 heteroatoms. The van der Waals surface area contributed by atoms with Gasteiger partial charge in [0, 0.05) is 18.0 Å². The summed E-state index contributed by atoms with van der Waals surface area (Å²) in [4.78, 5) is 15.1. The van der Waals surface area contributed by atoms with Crippen LogP contribution in [0, 0.1) is 5.92 Å². The summed E-state index contributed by atoms with van der Waals surface area (Å²) in [6.07, 6.45) is 5.27. The van der Waals surface area contributed by atoms with E-state index in [-0.39, 0.29) is 28.7 Å². The number of fused-ring (bicyclic) bond motifs is 1. The zero-order valence-electron chi connectivity index (χ0n) is 17.6. The van der Waals surface area contributed by atoms with Gasteiger partial charge in [-0.2, -0.15) is 0 Å². The quantitative estimate of drug-likeness (QED) is 0.655. The SMILES string of the molecule is CC[C@@H]1CCc2sc(-c3nnc(S[C@@H](C)C(=O)N[C@H]4CCS(=O)(=O)C4)n3C)cc2C1. The van der Waals surface area contributed by atoms with E-state index in [0.717, 1.165) is 29.5 Å². The van der Waals surface area contributed by atoms with E-state index in [0.29, 0.717) is 11.6 Å². The number of aryl methyl sites for hydroxylation is 1. The molecule has 1 aliphatic heterocycles. The molecule has 4 rings (SSSR count). The zero-order valence-corrected chi connectivity index (χ0v) is 20.0. The second-order valence-electron chi connectivity index (χ2n) is 8.31. The van der Waals surface area contributed by atoms with Gasteiger partial charge in [0.1, 0.15) is 0 Å². The van der Waals surface area contributed by atoms with Gasteiger partial charge in [0.25, 0.3) is 0 Å². The van der Waals surface area contributed by atoms with E-state index in [1.165, 1.54) is 35.0 Å².